The molecule has 0 aliphatic heterocycles. The molecular weight excluding hydrogens is 236 g/mol. The summed E-state index contributed by atoms with van der Waals surface area (Å²) in [7, 11) is 1.66. The molecule has 0 saturated carbocycles. The van der Waals surface area contributed by atoms with E-state index in [4.69, 9.17) is 20.8 Å². The second kappa shape index (κ2) is 4.84. The fourth-order valence-corrected chi connectivity index (χ4v) is 2.31. The van der Waals surface area contributed by atoms with Crippen LogP contribution in [0.15, 0.2) is 34.9 Å². The van der Waals surface area contributed by atoms with Crippen molar-refractivity contribution in [2.45, 2.75) is 19.2 Å². The van der Waals surface area contributed by atoms with Gasteiger partial charge in [0, 0.05) is 0 Å². The Bertz CT molecular complexity index is 517. The standard InChI is InChI=1S/C14H15ClO2/c1-9-6-7-17-14(9)13(15)12-5-4-11(16-3)8-10(12)2/h4-8,13H,1-3H3. The van der Waals surface area contributed by atoms with Crippen LogP contribution in [0, 0.1) is 13.8 Å². The fourth-order valence-electron chi connectivity index (χ4n) is 1.84. The van der Waals surface area contributed by atoms with E-state index in [0.717, 1.165) is 28.2 Å². The minimum absolute atomic E-state index is 0.254. The molecule has 2 rings (SSSR count). The first-order chi connectivity index (χ1) is 8.13. The summed E-state index contributed by atoms with van der Waals surface area (Å²) in [6.07, 6.45) is 1.67. The number of methoxy groups -OCH3 is 1. The second-order valence-electron chi connectivity index (χ2n) is 4.05. The van der Waals surface area contributed by atoms with Gasteiger partial charge in [-0.25, -0.2) is 0 Å². The molecule has 0 radical (unpaired) electrons. The molecule has 3 heteroatoms. The summed E-state index contributed by atoms with van der Waals surface area (Å²) < 4.78 is 10.6. The van der Waals surface area contributed by atoms with Crippen LogP contribution < -0.4 is 4.74 Å². The molecule has 2 aromatic rings. The molecule has 0 fully saturated rings. The summed E-state index contributed by atoms with van der Waals surface area (Å²) in [5.74, 6) is 1.64. The van der Waals surface area contributed by atoms with Crippen LogP contribution in [-0.4, -0.2) is 7.11 Å². The molecule has 0 saturated heterocycles. The maximum absolute atomic E-state index is 6.44. The molecule has 1 atom stereocenters. The molecule has 0 spiro atoms. The number of hydrogen-bond donors (Lipinski definition) is 0. The molecule has 1 heterocycles. The van der Waals surface area contributed by atoms with Crippen LogP contribution in [0.1, 0.15) is 27.8 Å². The van der Waals surface area contributed by atoms with Crippen LogP contribution in [0.2, 0.25) is 0 Å². The van der Waals surface area contributed by atoms with Crippen LogP contribution in [-0.2, 0) is 0 Å². The minimum atomic E-state index is -0.254. The van der Waals surface area contributed by atoms with Crippen molar-refractivity contribution in [1.82, 2.24) is 0 Å². The Labute approximate surface area is 106 Å². The molecule has 2 nitrogen and oxygen atoms in total. The minimum Gasteiger partial charge on any atom is -0.497 e. The molecule has 0 aliphatic rings. The van der Waals surface area contributed by atoms with E-state index in [1.54, 1.807) is 13.4 Å². The molecule has 1 unspecified atom stereocenters. The lowest BCUT2D eigenvalue weighted by Gasteiger charge is -2.12. The topological polar surface area (TPSA) is 22.4 Å². The smallest absolute Gasteiger partial charge is 0.128 e. The molecule has 90 valence electrons. The zero-order chi connectivity index (χ0) is 12.4. The Kier molecular flexibility index (Phi) is 3.43. The zero-order valence-electron chi connectivity index (χ0n) is 10.2. The van der Waals surface area contributed by atoms with Crippen LogP contribution in [0.25, 0.3) is 0 Å². The van der Waals surface area contributed by atoms with Crippen molar-refractivity contribution in [3.05, 3.63) is 53.0 Å². The summed E-state index contributed by atoms with van der Waals surface area (Å²) in [6.45, 7) is 4.01. The summed E-state index contributed by atoms with van der Waals surface area (Å²) in [4.78, 5) is 0. The van der Waals surface area contributed by atoms with E-state index in [9.17, 15) is 0 Å². The van der Waals surface area contributed by atoms with Gasteiger partial charge in [-0.2, -0.15) is 0 Å². The van der Waals surface area contributed by atoms with Gasteiger partial charge in [0.25, 0.3) is 0 Å². The average Bonchev–Trinajstić information content (AvgIpc) is 2.74. The molecule has 1 aromatic heterocycles. The number of benzene rings is 1. The maximum atomic E-state index is 6.44. The van der Waals surface area contributed by atoms with E-state index < -0.39 is 0 Å². The molecule has 0 bridgehead atoms. The van der Waals surface area contributed by atoms with E-state index >= 15 is 0 Å². The van der Waals surface area contributed by atoms with Gasteiger partial charge in [-0.05, 0) is 48.7 Å². The lowest BCUT2D eigenvalue weighted by molar-refractivity contribution is 0.414. The Morgan fingerprint density at radius 2 is 1.94 bits per heavy atom. The van der Waals surface area contributed by atoms with Crippen molar-refractivity contribution in [2.24, 2.45) is 0 Å². The molecule has 0 aliphatic carbocycles. The number of hydrogen-bond acceptors (Lipinski definition) is 2. The highest BCUT2D eigenvalue weighted by molar-refractivity contribution is 6.22. The van der Waals surface area contributed by atoms with Gasteiger partial charge < -0.3 is 9.15 Å². The third kappa shape index (κ3) is 2.32. The number of rotatable bonds is 3. The van der Waals surface area contributed by atoms with Crippen molar-refractivity contribution in [3.63, 3.8) is 0 Å². The summed E-state index contributed by atoms with van der Waals surface area (Å²) in [5.41, 5.74) is 3.21. The van der Waals surface area contributed by atoms with Crippen LogP contribution in [0.5, 0.6) is 5.75 Å². The van der Waals surface area contributed by atoms with E-state index in [-0.39, 0.29) is 5.38 Å². The van der Waals surface area contributed by atoms with Crippen molar-refractivity contribution in [2.75, 3.05) is 7.11 Å². The first-order valence-electron chi connectivity index (χ1n) is 5.46. The normalized spacial score (nSPS) is 12.5. The van der Waals surface area contributed by atoms with Crippen LogP contribution in [0.3, 0.4) is 0 Å². The van der Waals surface area contributed by atoms with Gasteiger partial charge in [0.05, 0.1) is 13.4 Å². The maximum Gasteiger partial charge on any atom is 0.128 e. The highest BCUT2D eigenvalue weighted by atomic mass is 35.5. The second-order valence-corrected chi connectivity index (χ2v) is 4.49. The number of ether oxygens (including phenoxy) is 1. The largest absolute Gasteiger partial charge is 0.497 e. The Morgan fingerprint density at radius 3 is 2.47 bits per heavy atom. The molecule has 17 heavy (non-hydrogen) atoms. The molecule has 0 N–H and O–H groups in total. The quantitative estimate of drug-likeness (QED) is 0.761. The average molecular weight is 251 g/mol. The van der Waals surface area contributed by atoms with Gasteiger partial charge in [0.15, 0.2) is 0 Å². The van der Waals surface area contributed by atoms with Gasteiger partial charge in [-0.3, -0.25) is 0 Å². The SMILES string of the molecule is COc1ccc(C(Cl)c2occc2C)c(C)c1. The van der Waals surface area contributed by atoms with Gasteiger partial charge in [0.1, 0.15) is 16.9 Å². The predicted octanol–water partition coefficient (Wildman–Crippen LogP) is 4.23. The molecule has 0 amide bonds. The Hall–Kier alpha value is -1.41. The lowest BCUT2D eigenvalue weighted by Crippen LogP contribution is -1.97. The summed E-state index contributed by atoms with van der Waals surface area (Å²) in [5, 5.41) is -0.254. The Balaban J connectivity index is 2.38. The van der Waals surface area contributed by atoms with E-state index in [1.807, 2.05) is 38.1 Å². The molecule has 1 aromatic carbocycles. The van der Waals surface area contributed by atoms with Gasteiger partial charge in [-0.15, -0.1) is 11.6 Å². The van der Waals surface area contributed by atoms with E-state index in [2.05, 4.69) is 0 Å². The first kappa shape index (κ1) is 12.1. The van der Waals surface area contributed by atoms with E-state index in [1.165, 1.54) is 0 Å². The third-order valence-corrected chi connectivity index (χ3v) is 3.32. The van der Waals surface area contributed by atoms with Gasteiger partial charge in [-0.1, -0.05) is 6.07 Å². The highest BCUT2D eigenvalue weighted by Gasteiger charge is 2.18. The van der Waals surface area contributed by atoms with Gasteiger partial charge >= 0.3 is 0 Å². The Morgan fingerprint density at radius 1 is 1.18 bits per heavy atom. The third-order valence-electron chi connectivity index (χ3n) is 2.88. The summed E-state index contributed by atoms with van der Waals surface area (Å²) >= 11 is 6.44. The van der Waals surface area contributed by atoms with Crippen molar-refractivity contribution >= 4 is 11.6 Å². The fraction of sp³-hybridized carbons (Fsp3) is 0.286. The zero-order valence-corrected chi connectivity index (χ0v) is 10.9. The van der Waals surface area contributed by atoms with Crippen LogP contribution in [0.4, 0.5) is 0 Å². The van der Waals surface area contributed by atoms with E-state index in [0.29, 0.717) is 0 Å². The van der Waals surface area contributed by atoms with Gasteiger partial charge in [0.2, 0.25) is 0 Å². The monoisotopic (exact) mass is 250 g/mol. The van der Waals surface area contributed by atoms with Crippen molar-refractivity contribution in [1.29, 1.82) is 0 Å². The van der Waals surface area contributed by atoms with Crippen molar-refractivity contribution in [3.8, 4) is 5.75 Å². The van der Waals surface area contributed by atoms with Crippen molar-refractivity contribution < 1.29 is 9.15 Å². The lowest BCUT2D eigenvalue weighted by atomic mass is 10.0. The highest BCUT2D eigenvalue weighted by Crippen LogP contribution is 2.34. The molecular formula is C14H15ClO2. The predicted molar refractivity (Wildman–Crippen MR) is 68.9 cm³/mol. The number of furan rings is 1. The van der Waals surface area contributed by atoms with Crippen LogP contribution >= 0.6 is 11.6 Å². The summed E-state index contributed by atoms with van der Waals surface area (Å²) in [6, 6.07) is 7.79. The number of aryl methyl sites for hydroxylation is 2. The number of halogens is 1. The first-order valence-corrected chi connectivity index (χ1v) is 5.89. The number of alkyl halides is 1.